The van der Waals surface area contributed by atoms with Gasteiger partial charge in [-0.2, -0.15) is 0 Å². The van der Waals surface area contributed by atoms with E-state index in [4.69, 9.17) is 18.9 Å². The number of carbonyl (C=O) groups is 1. The second-order valence-electron chi connectivity index (χ2n) is 9.62. The van der Waals surface area contributed by atoms with Crippen LogP contribution >= 0.6 is 0 Å². The Morgan fingerprint density at radius 2 is 1.81 bits per heavy atom. The third-order valence-corrected chi connectivity index (χ3v) is 8.87. The van der Waals surface area contributed by atoms with E-state index < -0.39 is 5.79 Å². The number of hydrogen-bond donors (Lipinski definition) is 0. The van der Waals surface area contributed by atoms with Gasteiger partial charge in [0, 0.05) is 5.92 Å². The summed E-state index contributed by atoms with van der Waals surface area (Å²) in [5.41, 5.74) is 3.08. The zero-order valence-electron chi connectivity index (χ0n) is 16.0. The van der Waals surface area contributed by atoms with Gasteiger partial charge in [-0.1, -0.05) is 11.1 Å². The highest BCUT2D eigenvalue weighted by Gasteiger charge is 2.69. The van der Waals surface area contributed by atoms with Crippen molar-refractivity contribution in [1.29, 1.82) is 0 Å². The summed E-state index contributed by atoms with van der Waals surface area (Å²) in [6.45, 7) is 1.14. The summed E-state index contributed by atoms with van der Waals surface area (Å²) in [4.78, 5) is 11.4. The zero-order chi connectivity index (χ0) is 18.1. The number of carbonyl (C=O) groups excluding carboxylic acids is 1. The van der Waals surface area contributed by atoms with Gasteiger partial charge in [-0.25, -0.2) is 0 Å². The molecule has 0 aromatic carbocycles. The van der Waals surface area contributed by atoms with Gasteiger partial charge in [-0.05, 0) is 81.5 Å². The van der Waals surface area contributed by atoms with E-state index in [2.05, 4.69) is 0 Å². The molecule has 0 aromatic heterocycles. The van der Waals surface area contributed by atoms with E-state index >= 15 is 0 Å². The molecule has 2 heterocycles. The number of allylic oxidation sites excluding steroid dienone is 2. The minimum Gasteiger partial charge on any atom is -0.350 e. The van der Waals surface area contributed by atoms with Crippen LogP contribution in [0.25, 0.3) is 0 Å². The molecule has 6 aliphatic rings. The van der Waals surface area contributed by atoms with Crippen molar-refractivity contribution >= 4 is 6.29 Å². The fourth-order valence-electron chi connectivity index (χ4n) is 7.73. The molecule has 2 aliphatic heterocycles. The highest BCUT2D eigenvalue weighted by molar-refractivity contribution is 5.55. The second kappa shape index (κ2) is 6.12. The van der Waals surface area contributed by atoms with E-state index in [9.17, 15) is 4.79 Å². The summed E-state index contributed by atoms with van der Waals surface area (Å²) >= 11 is 0. The van der Waals surface area contributed by atoms with Crippen LogP contribution in [0.15, 0.2) is 11.1 Å². The van der Waals surface area contributed by atoms with Crippen molar-refractivity contribution < 1.29 is 23.7 Å². The molecule has 7 atom stereocenters. The van der Waals surface area contributed by atoms with Crippen LogP contribution in [0.4, 0.5) is 0 Å². The van der Waals surface area contributed by atoms with Crippen molar-refractivity contribution in [2.24, 2.45) is 29.6 Å². The molecule has 6 rings (SSSR count). The Morgan fingerprint density at radius 1 is 0.926 bits per heavy atom. The molecule has 0 aromatic rings. The summed E-state index contributed by atoms with van der Waals surface area (Å²) < 4.78 is 24.0. The lowest BCUT2D eigenvalue weighted by Gasteiger charge is -2.49. The van der Waals surface area contributed by atoms with Crippen LogP contribution in [-0.2, 0) is 23.7 Å². The van der Waals surface area contributed by atoms with Gasteiger partial charge in [0.15, 0.2) is 13.6 Å². The Kier molecular flexibility index (Phi) is 3.89. The highest BCUT2D eigenvalue weighted by Crippen LogP contribution is 2.63. The Balaban J connectivity index is 1.33. The average molecular weight is 374 g/mol. The molecule has 5 nitrogen and oxygen atoms in total. The van der Waals surface area contributed by atoms with Crippen LogP contribution in [0.5, 0.6) is 0 Å². The minimum absolute atomic E-state index is 0.258. The number of rotatable bonds is 1. The summed E-state index contributed by atoms with van der Waals surface area (Å²) in [7, 11) is 0. The molecule has 148 valence electrons. The Labute approximate surface area is 160 Å². The van der Waals surface area contributed by atoms with Gasteiger partial charge in [0.2, 0.25) is 5.79 Å². The van der Waals surface area contributed by atoms with E-state index in [1.165, 1.54) is 38.4 Å². The second-order valence-corrected chi connectivity index (χ2v) is 9.62. The number of ether oxygens (including phenoxy) is 4. The van der Waals surface area contributed by atoms with E-state index in [0.717, 1.165) is 31.6 Å². The van der Waals surface area contributed by atoms with E-state index in [1.807, 2.05) is 0 Å². The molecule has 0 bridgehead atoms. The van der Waals surface area contributed by atoms with Crippen molar-refractivity contribution in [1.82, 2.24) is 0 Å². The van der Waals surface area contributed by atoms with Gasteiger partial charge in [-0.3, -0.25) is 0 Å². The third kappa shape index (κ3) is 2.23. The highest BCUT2D eigenvalue weighted by atomic mass is 16.9. The molecule has 7 unspecified atom stereocenters. The maximum Gasteiger partial charge on any atom is 0.226 e. The summed E-state index contributed by atoms with van der Waals surface area (Å²) in [5.74, 6) is 2.18. The number of hydrogen-bond acceptors (Lipinski definition) is 5. The first-order valence-corrected chi connectivity index (χ1v) is 10.9. The smallest absolute Gasteiger partial charge is 0.226 e. The molecule has 0 N–H and O–H groups in total. The first-order chi connectivity index (χ1) is 13.3. The van der Waals surface area contributed by atoms with E-state index in [0.29, 0.717) is 37.9 Å². The van der Waals surface area contributed by atoms with Crippen LogP contribution in [0.1, 0.15) is 57.8 Å². The summed E-state index contributed by atoms with van der Waals surface area (Å²) in [6, 6.07) is 0. The lowest BCUT2D eigenvalue weighted by Crippen LogP contribution is -2.57. The molecular formula is C22H30O5. The molecule has 0 amide bonds. The summed E-state index contributed by atoms with van der Waals surface area (Å²) in [5, 5.41) is 0. The van der Waals surface area contributed by atoms with Crippen molar-refractivity contribution in [3.63, 3.8) is 0 Å². The Bertz CT molecular complexity index is 660. The maximum absolute atomic E-state index is 11.4. The fraction of sp³-hybridized carbons (Fsp3) is 0.864. The first kappa shape index (κ1) is 17.1. The van der Waals surface area contributed by atoms with E-state index in [-0.39, 0.29) is 11.5 Å². The lowest BCUT2D eigenvalue weighted by molar-refractivity contribution is -0.223. The molecule has 2 spiro atoms. The Morgan fingerprint density at radius 3 is 2.67 bits per heavy atom. The minimum atomic E-state index is -0.679. The standard InChI is InChI=1S/C22H30O5/c23-10-14-1-2-15-3-4-16-17(19(15)9-14)5-6-20-18(16)7-8-21(20)22(27-13-25-21)11-24-12-26-22/h10,14-16,18,20H,1-9,11-13H2. The van der Waals surface area contributed by atoms with Gasteiger partial charge in [0.05, 0.1) is 0 Å². The molecule has 3 saturated carbocycles. The SMILES string of the molecule is O=CC1CCC2CCC3C(=C2C1)CCC1C3CCC12OCOC21COCO1. The molecule has 2 saturated heterocycles. The maximum atomic E-state index is 11.4. The van der Waals surface area contributed by atoms with E-state index in [1.54, 1.807) is 11.1 Å². The quantitative estimate of drug-likeness (QED) is 0.519. The molecular weight excluding hydrogens is 344 g/mol. The lowest BCUT2D eigenvalue weighted by atomic mass is 9.58. The van der Waals surface area contributed by atoms with Gasteiger partial charge < -0.3 is 23.7 Å². The number of fused-ring (bicyclic) bond motifs is 6. The Hall–Kier alpha value is -0.750. The van der Waals surface area contributed by atoms with Crippen LogP contribution < -0.4 is 0 Å². The molecule has 0 radical (unpaired) electrons. The van der Waals surface area contributed by atoms with Crippen LogP contribution in [-0.4, -0.2) is 37.9 Å². The van der Waals surface area contributed by atoms with Crippen LogP contribution in [0.2, 0.25) is 0 Å². The topological polar surface area (TPSA) is 54.0 Å². The number of aldehydes is 1. The summed E-state index contributed by atoms with van der Waals surface area (Å²) in [6.07, 6.45) is 11.7. The molecule has 4 aliphatic carbocycles. The van der Waals surface area contributed by atoms with Crippen molar-refractivity contribution in [2.45, 2.75) is 69.2 Å². The largest absolute Gasteiger partial charge is 0.350 e. The predicted molar refractivity (Wildman–Crippen MR) is 96.5 cm³/mol. The monoisotopic (exact) mass is 374 g/mol. The first-order valence-electron chi connectivity index (χ1n) is 10.9. The van der Waals surface area contributed by atoms with Crippen LogP contribution in [0, 0.1) is 29.6 Å². The molecule has 27 heavy (non-hydrogen) atoms. The normalized spacial score (nSPS) is 51.5. The van der Waals surface area contributed by atoms with Crippen molar-refractivity contribution in [2.75, 3.05) is 20.2 Å². The fourth-order valence-corrected chi connectivity index (χ4v) is 7.73. The molecule has 5 fully saturated rings. The van der Waals surface area contributed by atoms with Gasteiger partial charge in [0.1, 0.15) is 18.5 Å². The van der Waals surface area contributed by atoms with Gasteiger partial charge in [-0.15, -0.1) is 0 Å². The third-order valence-electron chi connectivity index (χ3n) is 8.87. The average Bonchev–Trinajstić information content (AvgIpc) is 3.43. The van der Waals surface area contributed by atoms with Crippen molar-refractivity contribution in [3.8, 4) is 0 Å². The van der Waals surface area contributed by atoms with Gasteiger partial charge in [0.25, 0.3) is 0 Å². The van der Waals surface area contributed by atoms with Gasteiger partial charge >= 0.3 is 0 Å². The van der Waals surface area contributed by atoms with Crippen molar-refractivity contribution in [3.05, 3.63) is 11.1 Å². The predicted octanol–water partition coefficient (Wildman–Crippen LogP) is 3.57. The zero-order valence-corrected chi connectivity index (χ0v) is 16.0. The van der Waals surface area contributed by atoms with Crippen LogP contribution in [0.3, 0.4) is 0 Å². The molecule has 5 heteroatoms.